The van der Waals surface area contributed by atoms with E-state index in [9.17, 15) is 9.59 Å². The van der Waals surface area contributed by atoms with Crippen LogP contribution >= 0.6 is 8.52 Å². The summed E-state index contributed by atoms with van der Waals surface area (Å²) in [6.07, 6.45) is 3.45. The third-order valence-electron chi connectivity index (χ3n) is 4.46. The molecule has 1 aromatic heterocycles. The van der Waals surface area contributed by atoms with Gasteiger partial charge in [-0.1, -0.05) is 4.85 Å². The number of likely N-dealkylation sites (tertiary alicyclic amines) is 1. The Hall–Kier alpha value is -1.71. The quantitative estimate of drug-likeness (QED) is 0.607. The third kappa shape index (κ3) is 4.16. The number of carbonyl (C=O) groups excluding carboxylic acids is 2. The van der Waals surface area contributed by atoms with Crippen molar-refractivity contribution in [3.63, 3.8) is 0 Å². The number of carbonyl (C=O) groups is 2. The molecular formula is C18H18AtN4O2S+. The zero-order chi connectivity index (χ0) is 18.5. The van der Waals surface area contributed by atoms with Gasteiger partial charge in [0.15, 0.2) is 0 Å². The Labute approximate surface area is 169 Å². The number of aromatic nitrogens is 1. The van der Waals surface area contributed by atoms with Gasteiger partial charge < -0.3 is 0 Å². The zero-order valence-corrected chi connectivity index (χ0v) is 17.8. The fraction of sp³-hybridized carbons (Fsp3) is 0.333. The zero-order valence-electron chi connectivity index (χ0n) is 14.0. The molecule has 1 aliphatic heterocycles. The number of amides is 2. The molecule has 2 aromatic rings. The van der Waals surface area contributed by atoms with Crippen LogP contribution in [0.5, 0.6) is 0 Å². The SMILES string of the molecule is C#[N+]CC1CCCN1C(=O)CNC(=O)c1ccnc2cc(S[At])ccc12. The number of rotatable bonds is 5. The molecule has 1 saturated heterocycles. The van der Waals surface area contributed by atoms with Crippen molar-refractivity contribution in [2.75, 3.05) is 19.6 Å². The molecule has 1 aliphatic rings. The monoisotopic (exact) mass is 564 g/mol. The minimum atomic E-state index is -0.273. The molecule has 0 aliphatic carbocycles. The first-order chi connectivity index (χ1) is 12.6. The molecule has 0 bridgehead atoms. The summed E-state index contributed by atoms with van der Waals surface area (Å²) in [6.45, 7) is 6.34. The summed E-state index contributed by atoms with van der Waals surface area (Å²) < 4.78 is 0. The van der Waals surface area contributed by atoms with Crippen LogP contribution in [-0.4, -0.2) is 47.4 Å². The van der Waals surface area contributed by atoms with E-state index in [2.05, 4.69) is 15.1 Å². The summed E-state index contributed by atoms with van der Waals surface area (Å²) in [5, 5.41) is 3.52. The average molecular weight is 564 g/mol. The normalized spacial score (nSPS) is 16.5. The Kier molecular flexibility index (Phi) is 6.44. The summed E-state index contributed by atoms with van der Waals surface area (Å²) >= 11 is 1.60. The van der Waals surface area contributed by atoms with Crippen LogP contribution in [0.25, 0.3) is 15.7 Å². The van der Waals surface area contributed by atoms with Crippen LogP contribution in [0.15, 0.2) is 35.4 Å². The van der Waals surface area contributed by atoms with Gasteiger partial charge in [0.05, 0.1) is 0 Å². The van der Waals surface area contributed by atoms with Gasteiger partial charge in [0.1, 0.15) is 0 Å². The maximum atomic E-state index is 12.6. The minimum absolute atomic E-state index is 0.0329. The van der Waals surface area contributed by atoms with Gasteiger partial charge >= 0.3 is 139 Å². The van der Waals surface area contributed by atoms with Crippen LogP contribution in [0.4, 0.5) is 0 Å². The number of hydrogen-bond donors (Lipinski definition) is 1. The van der Waals surface area contributed by atoms with Gasteiger partial charge in [0.25, 0.3) is 13.1 Å². The number of pyridine rings is 1. The van der Waals surface area contributed by atoms with Crippen molar-refractivity contribution in [3.05, 3.63) is 40.9 Å². The van der Waals surface area contributed by atoms with Gasteiger partial charge in [-0.2, -0.15) is 0 Å². The van der Waals surface area contributed by atoms with Crippen molar-refractivity contribution in [2.45, 2.75) is 23.8 Å². The first-order valence-corrected chi connectivity index (χ1v) is 12.6. The second kappa shape index (κ2) is 8.79. The topological polar surface area (TPSA) is 66.7 Å². The Balaban J connectivity index is 1.70. The average Bonchev–Trinajstić information content (AvgIpc) is 3.13. The summed E-state index contributed by atoms with van der Waals surface area (Å²) in [5.74, 6) is -0.375. The molecule has 1 aromatic carbocycles. The van der Waals surface area contributed by atoms with E-state index in [0.29, 0.717) is 18.7 Å². The van der Waals surface area contributed by atoms with Gasteiger partial charge in [-0.25, -0.2) is 0 Å². The predicted octanol–water partition coefficient (Wildman–Crippen LogP) is 2.47. The fourth-order valence-corrected chi connectivity index (χ4v) is 4.60. The van der Waals surface area contributed by atoms with Crippen molar-refractivity contribution in [1.82, 2.24) is 15.2 Å². The van der Waals surface area contributed by atoms with E-state index in [0.717, 1.165) is 28.6 Å². The standard InChI is InChI=1S/C18H17AtN4O2S/c1-20-10-12-3-2-8-23(12)17(24)11-22-18(25)15-6-7-21-16-9-13(26-19)4-5-14(15)16/h1,4-7,9,12H,2-3,8,10-11H2/p+1. The Morgan fingerprint density at radius 1 is 1.42 bits per heavy atom. The Morgan fingerprint density at radius 2 is 2.27 bits per heavy atom. The molecule has 3 rings (SSSR count). The summed E-state index contributed by atoms with van der Waals surface area (Å²) in [6, 6.07) is 7.56. The molecule has 6 nitrogen and oxygen atoms in total. The number of fused-ring (bicyclic) bond motifs is 1. The Morgan fingerprint density at radius 3 is 3.04 bits per heavy atom. The summed E-state index contributed by atoms with van der Waals surface area (Å²) in [7, 11) is 1.68. The van der Waals surface area contributed by atoms with E-state index in [1.807, 2.05) is 18.2 Å². The maximum absolute atomic E-state index is 12.6. The Bertz CT molecular complexity index is 883. The summed E-state index contributed by atoms with van der Waals surface area (Å²) in [5.41, 5.74) is 1.30. The van der Waals surface area contributed by atoms with Crippen LogP contribution in [0.3, 0.4) is 0 Å². The van der Waals surface area contributed by atoms with Gasteiger partial charge in [0.2, 0.25) is 0 Å². The summed E-state index contributed by atoms with van der Waals surface area (Å²) in [4.78, 5) is 35.9. The fourth-order valence-electron chi connectivity index (χ4n) is 3.20. The van der Waals surface area contributed by atoms with Crippen molar-refractivity contribution < 1.29 is 32.8 Å². The van der Waals surface area contributed by atoms with E-state index in [1.165, 1.54) is 0 Å². The van der Waals surface area contributed by atoms with Gasteiger partial charge in [-0.15, -0.1) is 0 Å². The third-order valence-corrected chi connectivity index (χ3v) is 6.97. The van der Waals surface area contributed by atoms with Gasteiger partial charge in [-0.05, 0) is 12.8 Å². The number of nitrogens with zero attached hydrogens (tertiary/aromatic N) is 3. The molecule has 1 N–H and O–H groups in total. The first kappa shape index (κ1) is 19.1. The van der Waals surface area contributed by atoms with Crippen LogP contribution in [0, 0.1) is 29.8 Å². The molecule has 26 heavy (non-hydrogen) atoms. The second-order valence-corrected chi connectivity index (χ2v) is 8.47. The molecule has 0 saturated carbocycles. The number of benzene rings is 1. The van der Waals surface area contributed by atoms with Crippen molar-refractivity contribution in [3.8, 4) is 6.57 Å². The van der Waals surface area contributed by atoms with Crippen LogP contribution in [0.2, 0.25) is 0 Å². The van der Waals surface area contributed by atoms with Crippen LogP contribution in [0.1, 0.15) is 23.2 Å². The predicted molar refractivity (Wildman–Crippen MR) is 97.8 cm³/mol. The number of hydrogen-bond acceptors (Lipinski definition) is 4. The van der Waals surface area contributed by atoms with Gasteiger partial charge in [0, 0.05) is 0 Å². The molecule has 1 unspecified atom stereocenters. The molecule has 0 radical (unpaired) electrons. The molecular weight excluding hydrogens is 546 g/mol. The van der Waals surface area contributed by atoms with Gasteiger partial charge in [-0.3, -0.25) is 0 Å². The van der Waals surface area contributed by atoms with Crippen molar-refractivity contribution >= 4 is 31.2 Å². The number of nitrogens with one attached hydrogen (secondary N) is 1. The van der Waals surface area contributed by atoms with Crippen molar-refractivity contribution in [1.29, 1.82) is 0 Å². The molecule has 1 fully saturated rings. The first-order valence-electron chi connectivity index (χ1n) is 8.25. The molecule has 2 heterocycles. The van der Waals surface area contributed by atoms with Crippen LogP contribution < -0.4 is 5.32 Å². The van der Waals surface area contributed by atoms with E-state index in [1.54, 1.807) is 48.9 Å². The second-order valence-electron chi connectivity index (χ2n) is 6.05. The van der Waals surface area contributed by atoms with E-state index < -0.39 is 0 Å². The van der Waals surface area contributed by atoms with Crippen LogP contribution in [-0.2, 0) is 4.79 Å². The molecule has 0 spiro atoms. The van der Waals surface area contributed by atoms with E-state index in [-0.39, 0.29) is 24.4 Å². The molecule has 2 amide bonds. The molecule has 8 heteroatoms. The van der Waals surface area contributed by atoms with Crippen molar-refractivity contribution in [2.24, 2.45) is 0 Å². The molecule has 134 valence electrons. The van der Waals surface area contributed by atoms with E-state index >= 15 is 0 Å². The molecule has 1 atom stereocenters. The van der Waals surface area contributed by atoms with E-state index in [4.69, 9.17) is 6.57 Å².